The van der Waals surface area contributed by atoms with Crippen LogP contribution < -0.4 is 0 Å². The summed E-state index contributed by atoms with van der Waals surface area (Å²) in [5.41, 5.74) is -2.20. The molecule has 0 saturated heterocycles. The molecule has 2 nitrogen and oxygen atoms in total. The van der Waals surface area contributed by atoms with E-state index in [1.54, 1.807) is 22.6 Å². The fourth-order valence-corrected chi connectivity index (χ4v) is 1.71. The first-order valence-corrected chi connectivity index (χ1v) is 4.69. The SMILES string of the molecule is N#Cc1cc(I)cc(C#N)c1C(F)(F)F. The Balaban J connectivity index is 3.63. The molecule has 0 aliphatic heterocycles. The third kappa shape index (κ3) is 2.39. The van der Waals surface area contributed by atoms with Crippen molar-refractivity contribution in [3.8, 4) is 12.1 Å². The van der Waals surface area contributed by atoms with Crippen LogP contribution in [0.2, 0.25) is 0 Å². The number of benzene rings is 1. The Hall–Kier alpha value is -1.28. The lowest BCUT2D eigenvalue weighted by Crippen LogP contribution is -2.11. The topological polar surface area (TPSA) is 47.6 Å². The number of hydrogen-bond acceptors (Lipinski definition) is 2. The zero-order valence-corrected chi connectivity index (χ0v) is 9.22. The minimum Gasteiger partial charge on any atom is -0.192 e. The maximum Gasteiger partial charge on any atom is 0.418 e. The Bertz CT molecular complexity index is 445. The summed E-state index contributed by atoms with van der Waals surface area (Å²) in [6, 6.07) is 5.09. The standard InChI is InChI=1S/C9H2F3IN2/c10-9(11,12)8-5(3-14)1-7(13)2-6(8)4-15/h1-2H. The van der Waals surface area contributed by atoms with Crippen molar-refractivity contribution in [1.29, 1.82) is 10.5 Å². The van der Waals surface area contributed by atoms with Crippen molar-refractivity contribution in [2.45, 2.75) is 6.18 Å². The van der Waals surface area contributed by atoms with E-state index in [1.165, 1.54) is 12.1 Å². The zero-order chi connectivity index (χ0) is 11.6. The van der Waals surface area contributed by atoms with Crippen molar-refractivity contribution < 1.29 is 13.2 Å². The zero-order valence-electron chi connectivity index (χ0n) is 7.06. The summed E-state index contributed by atoms with van der Waals surface area (Å²) < 4.78 is 38.0. The normalized spacial score (nSPS) is 10.5. The van der Waals surface area contributed by atoms with E-state index >= 15 is 0 Å². The van der Waals surface area contributed by atoms with Gasteiger partial charge >= 0.3 is 6.18 Å². The van der Waals surface area contributed by atoms with Crippen LogP contribution in [0.5, 0.6) is 0 Å². The van der Waals surface area contributed by atoms with E-state index in [-0.39, 0.29) is 0 Å². The van der Waals surface area contributed by atoms with Crippen molar-refractivity contribution in [2.24, 2.45) is 0 Å². The van der Waals surface area contributed by atoms with Crippen LogP contribution in [0.25, 0.3) is 0 Å². The van der Waals surface area contributed by atoms with Gasteiger partial charge in [0.05, 0.1) is 28.8 Å². The van der Waals surface area contributed by atoms with Crippen molar-refractivity contribution in [2.75, 3.05) is 0 Å². The molecule has 0 heterocycles. The summed E-state index contributed by atoms with van der Waals surface area (Å²) in [7, 11) is 0. The number of hydrogen-bond donors (Lipinski definition) is 0. The molecular weight excluding hydrogens is 320 g/mol. The molecular formula is C9H2F3IN2. The average Bonchev–Trinajstić information content (AvgIpc) is 2.14. The molecule has 0 aliphatic rings. The maximum absolute atomic E-state index is 12.5. The lowest BCUT2D eigenvalue weighted by atomic mass is 10.0. The van der Waals surface area contributed by atoms with Gasteiger partial charge in [-0.3, -0.25) is 0 Å². The summed E-state index contributed by atoms with van der Waals surface area (Å²) in [4.78, 5) is 0. The van der Waals surface area contributed by atoms with Gasteiger partial charge < -0.3 is 0 Å². The van der Waals surface area contributed by atoms with Gasteiger partial charge in [0.15, 0.2) is 0 Å². The van der Waals surface area contributed by atoms with Crippen molar-refractivity contribution in [1.82, 2.24) is 0 Å². The molecule has 1 aromatic rings. The highest BCUT2D eigenvalue weighted by Crippen LogP contribution is 2.35. The summed E-state index contributed by atoms with van der Waals surface area (Å²) in [5.74, 6) is 0. The predicted octanol–water partition coefficient (Wildman–Crippen LogP) is 3.05. The lowest BCUT2D eigenvalue weighted by Gasteiger charge is -2.10. The van der Waals surface area contributed by atoms with Crippen molar-refractivity contribution in [3.05, 3.63) is 32.4 Å². The number of nitriles is 2. The first kappa shape index (κ1) is 11.8. The Labute approximate surface area is 97.1 Å². The molecule has 0 fully saturated rings. The van der Waals surface area contributed by atoms with Gasteiger partial charge in [0.1, 0.15) is 0 Å². The fourth-order valence-electron chi connectivity index (χ4n) is 1.09. The first-order valence-electron chi connectivity index (χ1n) is 3.61. The van der Waals surface area contributed by atoms with Gasteiger partial charge in [0.25, 0.3) is 0 Å². The maximum atomic E-state index is 12.5. The molecule has 0 spiro atoms. The van der Waals surface area contributed by atoms with E-state index in [1.807, 2.05) is 0 Å². The molecule has 0 N–H and O–H groups in total. The molecule has 76 valence electrons. The number of rotatable bonds is 0. The molecule has 0 bridgehead atoms. The highest BCUT2D eigenvalue weighted by atomic mass is 127. The molecule has 0 unspecified atom stereocenters. The largest absolute Gasteiger partial charge is 0.418 e. The van der Waals surface area contributed by atoms with Gasteiger partial charge in [-0.05, 0) is 34.7 Å². The summed E-state index contributed by atoms with van der Waals surface area (Å²) >= 11 is 1.75. The van der Waals surface area contributed by atoms with Crippen LogP contribution in [0, 0.1) is 26.2 Å². The van der Waals surface area contributed by atoms with Crippen LogP contribution in [0.15, 0.2) is 12.1 Å². The lowest BCUT2D eigenvalue weighted by molar-refractivity contribution is -0.138. The Morgan fingerprint density at radius 2 is 1.47 bits per heavy atom. The van der Waals surface area contributed by atoms with Gasteiger partial charge in [-0.1, -0.05) is 0 Å². The number of nitrogens with zero attached hydrogens (tertiary/aromatic N) is 2. The smallest absolute Gasteiger partial charge is 0.192 e. The van der Waals surface area contributed by atoms with Crippen LogP contribution in [-0.4, -0.2) is 0 Å². The Morgan fingerprint density at radius 3 is 1.73 bits per heavy atom. The van der Waals surface area contributed by atoms with Gasteiger partial charge in [-0.25, -0.2) is 0 Å². The van der Waals surface area contributed by atoms with E-state index in [9.17, 15) is 13.2 Å². The van der Waals surface area contributed by atoms with E-state index in [0.717, 1.165) is 12.1 Å². The van der Waals surface area contributed by atoms with Crippen LogP contribution in [-0.2, 0) is 6.18 Å². The van der Waals surface area contributed by atoms with Crippen LogP contribution in [0.4, 0.5) is 13.2 Å². The minimum atomic E-state index is -4.68. The van der Waals surface area contributed by atoms with Crippen molar-refractivity contribution >= 4 is 22.6 Å². The molecule has 1 rings (SSSR count). The Kier molecular flexibility index (Phi) is 3.20. The van der Waals surface area contributed by atoms with E-state index in [0.29, 0.717) is 3.57 Å². The molecule has 0 radical (unpaired) electrons. The highest BCUT2D eigenvalue weighted by molar-refractivity contribution is 14.1. The number of halogens is 4. The summed E-state index contributed by atoms with van der Waals surface area (Å²) in [6.07, 6.45) is -4.68. The monoisotopic (exact) mass is 322 g/mol. The third-order valence-electron chi connectivity index (χ3n) is 1.63. The van der Waals surface area contributed by atoms with Crippen LogP contribution >= 0.6 is 22.6 Å². The van der Waals surface area contributed by atoms with E-state index < -0.39 is 22.9 Å². The van der Waals surface area contributed by atoms with Gasteiger partial charge in [-0.15, -0.1) is 0 Å². The molecule has 0 saturated carbocycles. The summed E-state index contributed by atoms with van der Waals surface area (Å²) in [6.45, 7) is 0. The average molecular weight is 322 g/mol. The van der Waals surface area contributed by atoms with Gasteiger partial charge in [-0.2, -0.15) is 23.7 Å². The second-order valence-corrected chi connectivity index (χ2v) is 3.84. The van der Waals surface area contributed by atoms with Crippen LogP contribution in [0.3, 0.4) is 0 Å². The second kappa shape index (κ2) is 4.07. The molecule has 0 aromatic heterocycles. The minimum absolute atomic E-state index is 0.425. The molecule has 0 atom stereocenters. The van der Waals surface area contributed by atoms with E-state index in [2.05, 4.69) is 0 Å². The third-order valence-corrected chi connectivity index (χ3v) is 2.25. The quantitative estimate of drug-likeness (QED) is 0.689. The Morgan fingerprint density at radius 1 is 1.07 bits per heavy atom. The molecule has 0 aliphatic carbocycles. The van der Waals surface area contributed by atoms with Crippen LogP contribution in [0.1, 0.15) is 16.7 Å². The second-order valence-electron chi connectivity index (χ2n) is 2.60. The molecule has 1 aromatic carbocycles. The fraction of sp³-hybridized carbons (Fsp3) is 0.111. The van der Waals surface area contributed by atoms with Gasteiger partial charge in [0.2, 0.25) is 0 Å². The first-order chi connectivity index (χ1) is 6.90. The van der Waals surface area contributed by atoms with E-state index in [4.69, 9.17) is 10.5 Å². The van der Waals surface area contributed by atoms with Crippen molar-refractivity contribution in [3.63, 3.8) is 0 Å². The highest BCUT2D eigenvalue weighted by Gasteiger charge is 2.36. The molecule has 0 amide bonds. The molecule has 6 heteroatoms. The molecule has 15 heavy (non-hydrogen) atoms. The predicted molar refractivity (Wildman–Crippen MR) is 53.6 cm³/mol. The van der Waals surface area contributed by atoms with Gasteiger partial charge in [0, 0.05) is 3.57 Å². The number of alkyl halides is 3. The summed E-state index contributed by atoms with van der Waals surface area (Å²) in [5, 5.41) is 17.1.